The van der Waals surface area contributed by atoms with Gasteiger partial charge in [0.05, 0.1) is 41.9 Å². The number of rotatable bonds is 7. The van der Waals surface area contributed by atoms with Gasteiger partial charge in [-0.25, -0.2) is 14.2 Å². The van der Waals surface area contributed by atoms with Gasteiger partial charge in [0.25, 0.3) is 5.79 Å². The highest BCUT2D eigenvalue weighted by Gasteiger charge is 2.42. The summed E-state index contributed by atoms with van der Waals surface area (Å²) >= 11 is 1.20. The van der Waals surface area contributed by atoms with E-state index in [-0.39, 0.29) is 22.1 Å². The molecule has 2 aromatic carbocycles. The van der Waals surface area contributed by atoms with Crippen LogP contribution < -0.4 is 9.47 Å². The number of halogens is 1. The molecule has 42 heavy (non-hydrogen) atoms. The third-order valence-corrected chi connectivity index (χ3v) is 9.10. The molecule has 3 aliphatic rings. The standard InChI is InChI=1S/C31H27FN4O5S/c1-31(22-6-5-18(15-33)13-23(22)32)40-25-4-2-3-21(28(25)41-31)19-7-10-35(11-8-19)17-27-34-29-24(14-26(42-29)30(37)38)36(27)16-20-9-12-39-20/h2-7,13-14,20H,8-12,16-17H2,1H3,(H,37,38)/t20-,31-/m0/s1. The van der Waals surface area contributed by atoms with E-state index in [0.29, 0.717) is 31.1 Å². The molecule has 1 fully saturated rings. The minimum Gasteiger partial charge on any atom is -0.477 e. The lowest BCUT2D eigenvalue weighted by Crippen LogP contribution is -2.34. The molecule has 214 valence electrons. The minimum absolute atomic E-state index is 0.119. The molecule has 1 saturated heterocycles. The lowest BCUT2D eigenvalue weighted by atomic mass is 9.98. The molecular formula is C31H27FN4O5S. The fourth-order valence-electron chi connectivity index (χ4n) is 5.77. The van der Waals surface area contributed by atoms with E-state index < -0.39 is 17.6 Å². The number of hydrogen-bond acceptors (Lipinski definition) is 8. The SMILES string of the molecule is C[C@]1(c2ccc(C#N)cc2F)Oc2cccc(C3=CCN(Cc4nc5sc(C(=O)O)cc5n4C[C@@H]4CCO4)CC3)c2O1. The van der Waals surface area contributed by atoms with Crippen molar-refractivity contribution in [3.63, 3.8) is 0 Å². The third kappa shape index (κ3) is 4.61. The van der Waals surface area contributed by atoms with Gasteiger partial charge in [0, 0.05) is 32.2 Å². The monoisotopic (exact) mass is 586 g/mol. The number of hydrogen-bond donors (Lipinski definition) is 1. The van der Waals surface area contributed by atoms with Crippen LogP contribution in [0.5, 0.6) is 11.5 Å². The van der Waals surface area contributed by atoms with Gasteiger partial charge < -0.3 is 23.9 Å². The Morgan fingerprint density at radius 1 is 1.29 bits per heavy atom. The molecule has 0 aliphatic carbocycles. The van der Waals surface area contributed by atoms with Gasteiger partial charge in [0.2, 0.25) is 0 Å². The summed E-state index contributed by atoms with van der Waals surface area (Å²) in [5.41, 5.74) is 3.34. The van der Waals surface area contributed by atoms with Crippen molar-refractivity contribution < 1.29 is 28.5 Å². The number of carbonyl (C=O) groups is 1. The van der Waals surface area contributed by atoms with Crippen molar-refractivity contribution in [3.05, 3.63) is 81.7 Å². The summed E-state index contributed by atoms with van der Waals surface area (Å²) in [6.07, 6.45) is 4.04. The summed E-state index contributed by atoms with van der Waals surface area (Å²) < 4.78 is 35.1. The maximum absolute atomic E-state index is 14.9. The zero-order valence-electron chi connectivity index (χ0n) is 22.8. The number of nitrogens with zero attached hydrogens (tertiary/aromatic N) is 4. The lowest BCUT2D eigenvalue weighted by Gasteiger charge is -2.29. The van der Waals surface area contributed by atoms with Crippen molar-refractivity contribution in [2.45, 2.75) is 44.7 Å². The number of aromatic nitrogens is 2. The van der Waals surface area contributed by atoms with Crippen LogP contribution in [0.15, 0.2) is 48.5 Å². The van der Waals surface area contributed by atoms with Gasteiger partial charge in [0.15, 0.2) is 11.5 Å². The Balaban J connectivity index is 1.10. The molecular weight excluding hydrogens is 559 g/mol. The zero-order chi connectivity index (χ0) is 29.0. The summed E-state index contributed by atoms with van der Waals surface area (Å²) in [6, 6.07) is 13.6. The van der Waals surface area contributed by atoms with Crippen LogP contribution in [0.25, 0.3) is 15.9 Å². The molecule has 2 aromatic heterocycles. The number of carboxylic acids is 1. The van der Waals surface area contributed by atoms with Crippen LogP contribution in [0.1, 0.15) is 52.0 Å². The minimum atomic E-state index is -1.35. The number of benzene rings is 2. The molecule has 0 spiro atoms. The highest BCUT2D eigenvalue weighted by molar-refractivity contribution is 7.20. The topological polar surface area (TPSA) is 110 Å². The van der Waals surface area contributed by atoms with E-state index in [4.69, 9.17) is 24.5 Å². The van der Waals surface area contributed by atoms with E-state index in [1.165, 1.54) is 23.5 Å². The number of para-hydroxylation sites is 1. The summed E-state index contributed by atoms with van der Waals surface area (Å²) in [6.45, 7) is 5.20. The molecule has 0 radical (unpaired) electrons. The Kier molecular flexibility index (Phi) is 6.50. The first-order chi connectivity index (χ1) is 20.3. The van der Waals surface area contributed by atoms with Crippen LogP contribution >= 0.6 is 11.3 Å². The van der Waals surface area contributed by atoms with Crippen LogP contribution in [-0.4, -0.2) is 51.3 Å². The maximum Gasteiger partial charge on any atom is 0.346 e. The zero-order valence-corrected chi connectivity index (χ0v) is 23.6. The molecule has 3 aliphatic heterocycles. The summed E-state index contributed by atoms with van der Waals surface area (Å²) in [5.74, 6) is -0.828. The van der Waals surface area contributed by atoms with Crippen LogP contribution in [0.4, 0.5) is 4.39 Å². The number of carboxylic acid groups (broad SMARTS) is 1. The van der Waals surface area contributed by atoms with E-state index in [2.05, 4.69) is 15.5 Å². The van der Waals surface area contributed by atoms with Crippen LogP contribution in [0.2, 0.25) is 0 Å². The lowest BCUT2D eigenvalue weighted by molar-refractivity contribution is -0.0708. The number of ether oxygens (including phenoxy) is 3. The molecule has 5 heterocycles. The fourth-order valence-corrected chi connectivity index (χ4v) is 6.66. The Hall–Kier alpha value is -4.24. The molecule has 1 N–H and O–H groups in total. The van der Waals surface area contributed by atoms with Gasteiger partial charge in [-0.15, -0.1) is 11.3 Å². The smallest absolute Gasteiger partial charge is 0.346 e. The maximum atomic E-state index is 14.9. The average Bonchev–Trinajstić information content (AvgIpc) is 3.62. The Morgan fingerprint density at radius 3 is 2.83 bits per heavy atom. The number of imidazole rings is 1. The van der Waals surface area contributed by atoms with E-state index in [1.807, 2.05) is 24.3 Å². The second-order valence-electron chi connectivity index (χ2n) is 10.8. The molecule has 2 atom stereocenters. The normalized spacial score (nSPS) is 21.6. The summed E-state index contributed by atoms with van der Waals surface area (Å²) in [4.78, 5) is 19.7. The summed E-state index contributed by atoms with van der Waals surface area (Å²) in [5, 5.41) is 18.6. The van der Waals surface area contributed by atoms with Crippen molar-refractivity contribution in [3.8, 4) is 17.6 Å². The second kappa shape index (κ2) is 10.2. The highest BCUT2D eigenvalue weighted by atomic mass is 32.1. The molecule has 0 bridgehead atoms. The van der Waals surface area contributed by atoms with E-state index in [1.54, 1.807) is 19.1 Å². The first-order valence-corrected chi connectivity index (χ1v) is 14.6. The first kappa shape index (κ1) is 26.6. The van der Waals surface area contributed by atoms with Gasteiger partial charge in [-0.2, -0.15) is 5.26 Å². The van der Waals surface area contributed by atoms with Crippen LogP contribution in [0.3, 0.4) is 0 Å². The van der Waals surface area contributed by atoms with E-state index in [0.717, 1.165) is 53.3 Å². The predicted molar refractivity (Wildman–Crippen MR) is 153 cm³/mol. The molecule has 0 unspecified atom stereocenters. The molecule has 4 aromatic rings. The van der Waals surface area contributed by atoms with Crippen molar-refractivity contribution >= 4 is 33.2 Å². The molecule has 0 saturated carbocycles. The molecule has 0 amide bonds. The van der Waals surface area contributed by atoms with Crippen LogP contribution in [-0.2, 0) is 23.6 Å². The Bertz CT molecular complexity index is 1800. The number of thiophene rings is 1. The van der Waals surface area contributed by atoms with Crippen LogP contribution in [0, 0.1) is 17.1 Å². The fraction of sp³-hybridized carbons (Fsp3) is 0.323. The van der Waals surface area contributed by atoms with Gasteiger partial charge in [-0.1, -0.05) is 18.2 Å². The van der Waals surface area contributed by atoms with Gasteiger partial charge in [-0.3, -0.25) is 4.90 Å². The van der Waals surface area contributed by atoms with E-state index >= 15 is 0 Å². The van der Waals surface area contributed by atoms with Gasteiger partial charge in [0.1, 0.15) is 21.3 Å². The largest absolute Gasteiger partial charge is 0.477 e. The van der Waals surface area contributed by atoms with Crippen molar-refractivity contribution in [2.24, 2.45) is 0 Å². The first-order valence-electron chi connectivity index (χ1n) is 13.8. The molecule has 9 nitrogen and oxygen atoms in total. The Labute approximate surface area is 245 Å². The molecule has 7 rings (SSSR count). The van der Waals surface area contributed by atoms with Crippen molar-refractivity contribution in [2.75, 3.05) is 19.7 Å². The second-order valence-corrected chi connectivity index (χ2v) is 11.9. The third-order valence-electron chi connectivity index (χ3n) is 8.09. The molecule has 11 heteroatoms. The van der Waals surface area contributed by atoms with Crippen molar-refractivity contribution in [1.82, 2.24) is 14.5 Å². The number of fused-ring (bicyclic) bond motifs is 2. The predicted octanol–water partition coefficient (Wildman–Crippen LogP) is 5.53. The number of aromatic carboxylic acids is 1. The Morgan fingerprint density at radius 2 is 2.14 bits per heavy atom. The quantitative estimate of drug-likeness (QED) is 0.301. The summed E-state index contributed by atoms with van der Waals surface area (Å²) in [7, 11) is 0. The van der Waals surface area contributed by atoms with Gasteiger partial charge >= 0.3 is 5.97 Å². The average molecular weight is 587 g/mol. The highest BCUT2D eigenvalue weighted by Crippen LogP contribution is 2.49. The van der Waals surface area contributed by atoms with E-state index in [9.17, 15) is 14.3 Å². The van der Waals surface area contributed by atoms with Crippen molar-refractivity contribution in [1.29, 1.82) is 5.26 Å². The number of nitriles is 1. The van der Waals surface area contributed by atoms with Gasteiger partial charge in [-0.05, 0) is 48.7 Å².